The van der Waals surface area contributed by atoms with Crippen LogP contribution in [0.1, 0.15) is 30.9 Å². The molecular formula is C17H24N2O3. The zero-order valence-corrected chi connectivity index (χ0v) is 12.7. The van der Waals surface area contributed by atoms with Gasteiger partial charge in [-0.25, -0.2) is 0 Å². The number of amides is 1. The molecule has 0 bridgehead atoms. The first-order valence-electron chi connectivity index (χ1n) is 8.10. The first-order valence-corrected chi connectivity index (χ1v) is 8.10. The molecule has 0 aromatic heterocycles. The zero-order chi connectivity index (χ0) is 15.4. The van der Waals surface area contributed by atoms with Crippen molar-refractivity contribution in [1.29, 1.82) is 0 Å². The van der Waals surface area contributed by atoms with E-state index in [9.17, 15) is 9.90 Å². The van der Waals surface area contributed by atoms with Crippen molar-refractivity contribution in [3.8, 4) is 0 Å². The lowest BCUT2D eigenvalue weighted by Gasteiger charge is -2.32. The highest BCUT2D eigenvalue weighted by Gasteiger charge is 2.31. The fourth-order valence-corrected chi connectivity index (χ4v) is 3.34. The SMILES string of the molecule is O=C(NC[C@@H]1CCCO[C@@H]1c1ccccc1)[C@@H]1C[C@H](O)CN1. The number of hydrogen-bond acceptors (Lipinski definition) is 4. The number of ether oxygens (including phenoxy) is 1. The van der Waals surface area contributed by atoms with Gasteiger partial charge in [0.05, 0.1) is 18.2 Å². The van der Waals surface area contributed by atoms with Crippen molar-refractivity contribution in [2.45, 2.75) is 37.5 Å². The number of β-amino-alcohol motifs (C(OH)–C–C–N with tert-alkyl or cyclic N) is 1. The number of carbonyl (C=O) groups is 1. The van der Waals surface area contributed by atoms with Gasteiger partial charge >= 0.3 is 0 Å². The van der Waals surface area contributed by atoms with Crippen LogP contribution in [0, 0.1) is 5.92 Å². The Morgan fingerprint density at radius 1 is 1.36 bits per heavy atom. The number of rotatable bonds is 4. The van der Waals surface area contributed by atoms with Crippen LogP contribution in [0.5, 0.6) is 0 Å². The van der Waals surface area contributed by atoms with E-state index in [4.69, 9.17) is 4.74 Å². The molecule has 2 aliphatic rings. The van der Waals surface area contributed by atoms with Gasteiger partial charge in [-0.3, -0.25) is 4.79 Å². The van der Waals surface area contributed by atoms with Crippen LogP contribution in [0.4, 0.5) is 0 Å². The molecule has 3 N–H and O–H groups in total. The van der Waals surface area contributed by atoms with Crippen LogP contribution in [-0.2, 0) is 9.53 Å². The average molecular weight is 304 g/mol. The molecule has 5 nitrogen and oxygen atoms in total. The molecule has 2 heterocycles. The minimum absolute atomic E-state index is 0.0195. The topological polar surface area (TPSA) is 70.6 Å². The molecule has 0 saturated carbocycles. The second-order valence-electron chi connectivity index (χ2n) is 6.20. The van der Waals surface area contributed by atoms with Gasteiger partial charge < -0.3 is 20.5 Å². The molecule has 1 aromatic rings. The molecule has 2 saturated heterocycles. The molecule has 22 heavy (non-hydrogen) atoms. The zero-order valence-electron chi connectivity index (χ0n) is 12.7. The first-order chi connectivity index (χ1) is 10.7. The standard InChI is InChI=1S/C17H24N2O3/c20-14-9-15(18-11-14)17(21)19-10-13-7-4-8-22-16(13)12-5-2-1-3-6-12/h1-3,5-6,13-16,18,20H,4,7-11H2,(H,19,21)/t13-,14-,15-,16+/m0/s1. The van der Waals surface area contributed by atoms with Gasteiger partial charge in [0.2, 0.25) is 5.91 Å². The van der Waals surface area contributed by atoms with Crippen LogP contribution in [0.2, 0.25) is 0 Å². The highest BCUT2D eigenvalue weighted by Crippen LogP contribution is 2.33. The Morgan fingerprint density at radius 2 is 2.18 bits per heavy atom. The molecule has 120 valence electrons. The Kier molecular flexibility index (Phi) is 5.08. The van der Waals surface area contributed by atoms with Crippen molar-refractivity contribution < 1.29 is 14.6 Å². The van der Waals surface area contributed by atoms with E-state index in [1.165, 1.54) is 5.56 Å². The minimum atomic E-state index is -0.411. The molecule has 2 fully saturated rings. The maximum Gasteiger partial charge on any atom is 0.237 e. The average Bonchev–Trinajstić information content (AvgIpc) is 3.00. The molecular weight excluding hydrogens is 280 g/mol. The third kappa shape index (κ3) is 3.66. The maximum absolute atomic E-state index is 12.2. The summed E-state index contributed by atoms with van der Waals surface area (Å²) in [6.07, 6.45) is 2.23. The van der Waals surface area contributed by atoms with Gasteiger partial charge in [-0.2, -0.15) is 0 Å². The van der Waals surface area contributed by atoms with E-state index in [1.54, 1.807) is 0 Å². The van der Waals surface area contributed by atoms with Gasteiger partial charge in [-0.1, -0.05) is 30.3 Å². The van der Waals surface area contributed by atoms with E-state index in [0.29, 0.717) is 25.4 Å². The minimum Gasteiger partial charge on any atom is -0.392 e. The van der Waals surface area contributed by atoms with E-state index < -0.39 is 6.10 Å². The van der Waals surface area contributed by atoms with Crippen LogP contribution < -0.4 is 10.6 Å². The fraction of sp³-hybridized carbons (Fsp3) is 0.588. The quantitative estimate of drug-likeness (QED) is 0.776. The van der Waals surface area contributed by atoms with E-state index >= 15 is 0 Å². The fourth-order valence-electron chi connectivity index (χ4n) is 3.34. The van der Waals surface area contributed by atoms with Crippen LogP contribution in [0.15, 0.2) is 30.3 Å². The van der Waals surface area contributed by atoms with E-state index in [1.807, 2.05) is 18.2 Å². The molecule has 4 atom stereocenters. The molecule has 5 heteroatoms. The highest BCUT2D eigenvalue weighted by molar-refractivity contribution is 5.82. The highest BCUT2D eigenvalue weighted by atomic mass is 16.5. The van der Waals surface area contributed by atoms with Crippen molar-refractivity contribution in [2.75, 3.05) is 19.7 Å². The lowest BCUT2D eigenvalue weighted by molar-refractivity contribution is -0.123. The van der Waals surface area contributed by atoms with Crippen LogP contribution in [0.3, 0.4) is 0 Å². The number of nitrogens with one attached hydrogen (secondary N) is 2. The molecule has 0 unspecified atom stereocenters. The Bertz CT molecular complexity index is 494. The predicted octanol–water partition coefficient (Wildman–Crippen LogP) is 0.993. The largest absolute Gasteiger partial charge is 0.392 e. The number of benzene rings is 1. The van der Waals surface area contributed by atoms with Crippen LogP contribution >= 0.6 is 0 Å². The summed E-state index contributed by atoms with van der Waals surface area (Å²) in [5, 5.41) is 15.6. The summed E-state index contributed by atoms with van der Waals surface area (Å²) in [4.78, 5) is 12.2. The summed E-state index contributed by atoms with van der Waals surface area (Å²) in [5.41, 5.74) is 1.18. The molecule has 1 amide bonds. The maximum atomic E-state index is 12.2. The van der Waals surface area contributed by atoms with E-state index in [2.05, 4.69) is 22.8 Å². The third-order valence-electron chi connectivity index (χ3n) is 4.54. The van der Waals surface area contributed by atoms with E-state index in [0.717, 1.165) is 19.4 Å². The summed E-state index contributed by atoms with van der Waals surface area (Å²) < 4.78 is 5.94. The second-order valence-corrected chi connectivity index (χ2v) is 6.20. The molecule has 0 radical (unpaired) electrons. The summed E-state index contributed by atoms with van der Waals surface area (Å²) in [5.74, 6) is 0.278. The van der Waals surface area contributed by atoms with Gasteiger partial charge in [-0.05, 0) is 24.8 Å². The smallest absolute Gasteiger partial charge is 0.237 e. The van der Waals surface area contributed by atoms with Crippen molar-refractivity contribution in [1.82, 2.24) is 10.6 Å². The lowest BCUT2D eigenvalue weighted by atomic mass is 9.89. The lowest BCUT2D eigenvalue weighted by Crippen LogP contribution is -2.43. The molecule has 0 spiro atoms. The number of carbonyl (C=O) groups excluding carboxylic acids is 1. The molecule has 0 aliphatic carbocycles. The molecule has 3 rings (SSSR count). The Hall–Kier alpha value is -1.43. The van der Waals surface area contributed by atoms with E-state index in [-0.39, 0.29) is 18.1 Å². The number of aliphatic hydroxyl groups is 1. The number of aliphatic hydroxyl groups excluding tert-OH is 1. The Balaban J connectivity index is 1.57. The van der Waals surface area contributed by atoms with Gasteiger partial charge in [0.15, 0.2) is 0 Å². The molecule has 2 aliphatic heterocycles. The van der Waals surface area contributed by atoms with Crippen molar-refractivity contribution in [3.63, 3.8) is 0 Å². The summed E-state index contributed by atoms with van der Waals surface area (Å²) in [6.45, 7) is 1.89. The van der Waals surface area contributed by atoms with Gasteiger partial charge in [0, 0.05) is 25.6 Å². The van der Waals surface area contributed by atoms with Crippen molar-refractivity contribution in [2.24, 2.45) is 5.92 Å². The Labute approximate surface area is 131 Å². The van der Waals surface area contributed by atoms with Crippen molar-refractivity contribution in [3.05, 3.63) is 35.9 Å². The molecule has 1 aromatic carbocycles. The van der Waals surface area contributed by atoms with Crippen LogP contribution in [-0.4, -0.2) is 42.9 Å². The Morgan fingerprint density at radius 3 is 2.91 bits per heavy atom. The summed E-state index contributed by atoms with van der Waals surface area (Å²) >= 11 is 0. The van der Waals surface area contributed by atoms with Gasteiger partial charge in [0.25, 0.3) is 0 Å². The van der Waals surface area contributed by atoms with Gasteiger partial charge in [-0.15, -0.1) is 0 Å². The third-order valence-corrected chi connectivity index (χ3v) is 4.54. The predicted molar refractivity (Wildman–Crippen MR) is 83.3 cm³/mol. The normalized spacial score (nSPS) is 31.9. The summed E-state index contributed by atoms with van der Waals surface area (Å²) in [6, 6.07) is 9.94. The van der Waals surface area contributed by atoms with Crippen molar-refractivity contribution >= 4 is 5.91 Å². The summed E-state index contributed by atoms with van der Waals surface area (Å²) in [7, 11) is 0. The van der Waals surface area contributed by atoms with Crippen LogP contribution in [0.25, 0.3) is 0 Å². The first kappa shape index (κ1) is 15.5. The monoisotopic (exact) mass is 304 g/mol. The number of hydrogen-bond donors (Lipinski definition) is 3. The second kappa shape index (κ2) is 7.22. The van der Waals surface area contributed by atoms with Gasteiger partial charge in [0.1, 0.15) is 0 Å².